The molecule has 1 saturated carbocycles. The summed E-state index contributed by atoms with van der Waals surface area (Å²) in [5.74, 6) is 3.76. The Labute approximate surface area is 473 Å². The van der Waals surface area contributed by atoms with Crippen molar-refractivity contribution < 1.29 is 50.4 Å². The van der Waals surface area contributed by atoms with E-state index in [1.165, 1.54) is 44.6 Å². The molecule has 0 radical (unpaired) electrons. The molecule has 0 amide bonds. The second-order valence-corrected chi connectivity index (χ2v) is 26.1. The van der Waals surface area contributed by atoms with Crippen molar-refractivity contribution in [1.82, 2.24) is 4.31 Å². The molecule has 11 rings (SSSR count). The number of aryl methyl sites for hydroxylation is 4. The highest BCUT2D eigenvalue weighted by Gasteiger charge is 2.39. The number of fused-ring (bicyclic) bond motifs is 4. The number of sulfonamides is 1. The molecule has 19 heteroatoms. The van der Waals surface area contributed by atoms with Gasteiger partial charge < -0.3 is 39.1 Å². The molecule has 432 valence electrons. The van der Waals surface area contributed by atoms with Crippen LogP contribution in [0.25, 0.3) is 0 Å². The topological polar surface area (TPSA) is 263 Å². The van der Waals surface area contributed by atoms with E-state index in [0.717, 1.165) is 121 Å². The third-order valence-corrected chi connectivity index (χ3v) is 18.3. The number of anilines is 3. The van der Waals surface area contributed by atoms with E-state index >= 15 is 0 Å². The molecule has 0 aliphatic heterocycles. The molecule has 5 N–H and O–H groups in total. The van der Waals surface area contributed by atoms with Crippen LogP contribution in [0.4, 0.5) is 17.1 Å². The quantitative estimate of drug-likeness (QED) is 0.0397. The maximum absolute atomic E-state index is 12.6. The Morgan fingerprint density at radius 2 is 1.09 bits per heavy atom. The van der Waals surface area contributed by atoms with Crippen molar-refractivity contribution in [2.75, 3.05) is 24.7 Å². The fourth-order valence-corrected chi connectivity index (χ4v) is 12.4. The lowest BCUT2D eigenvalue weighted by atomic mass is 9.78. The summed E-state index contributed by atoms with van der Waals surface area (Å²) in [6.07, 6.45) is 22.4. The highest BCUT2D eigenvalue weighted by atomic mass is 35.5. The van der Waals surface area contributed by atoms with E-state index in [0.29, 0.717) is 19.3 Å². The molecule has 5 aliphatic carbocycles. The zero-order valence-electron chi connectivity index (χ0n) is 47.3. The molecule has 2 aromatic carbocycles. The summed E-state index contributed by atoms with van der Waals surface area (Å²) in [7, 11) is -1.46. The van der Waals surface area contributed by atoms with Gasteiger partial charge in [-0.1, -0.05) is 53.1 Å². The maximum Gasteiger partial charge on any atom is 0.253 e. The van der Waals surface area contributed by atoms with Crippen LogP contribution in [0.3, 0.4) is 0 Å². The predicted octanol–water partition coefficient (Wildman–Crippen LogP) is 12.5. The normalized spacial score (nSPS) is 20.2. The largest absolute Gasteiger partial charge is 0.504 e. The molecule has 17 nitrogen and oxygen atoms in total. The molecule has 5 aliphatic rings. The minimum absolute atomic E-state index is 0.0547. The van der Waals surface area contributed by atoms with Crippen LogP contribution in [0, 0.1) is 16.2 Å². The van der Waals surface area contributed by atoms with Gasteiger partial charge in [-0.2, -0.15) is 0 Å². The Kier molecular flexibility index (Phi) is 19.6. The van der Waals surface area contributed by atoms with Gasteiger partial charge in [-0.05, 0) is 111 Å². The number of halogens is 1. The molecule has 4 aromatic heterocycles. The standard InChI is InChI=1S/C23H26ClN3O6S.C11H17NO.C11H14O2.C9H10O2.C7H10O2/c1-23(2)10-5-6-15-12(9-11-33-15)22(23)26-17-16(19(29)20(17)30)25-14-8-7-13(24)21(18(14)28)34(31,32)27(3)4;2*1-11(2)6-3-4-9-8(10(11)12)5-7-13-9;10-8-3-1-2-4-9-7(8)5-6-11-9;8-6-3-1-2-4-7(9)5-6/h7-9,11,22,25-26,28H,5-6,10H2,1-4H3;5,7,10H,3-4,6,12H2,1-2H3;5,7H,3-4,6H2,1-2H3;5-6H,1-4H2;1-5H2. The molecule has 1 fully saturated rings. The van der Waals surface area contributed by atoms with Crippen LogP contribution >= 0.6 is 11.6 Å². The number of phenolic OH excluding ortho intramolecular Hbond substituents is 1. The van der Waals surface area contributed by atoms with E-state index in [9.17, 15) is 42.3 Å². The molecule has 0 spiro atoms. The van der Waals surface area contributed by atoms with E-state index in [-0.39, 0.29) is 80.0 Å². The molecule has 2 unspecified atom stereocenters. The number of hydrogen-bond donors (Lipinski definition) is 4. The van der Waals surface area contributed by atoms with Crippen LogP contribution in [0.2, 0.25) is 5.02 Å². The Morgan fingerprint density at radius 3 is 1.73 bits per heavy atom. The first-order valence-corrected chi connectivity index (χ1v) is 29.5. The molecule has 2 atom stereocenters. The van der Waals surface area contributed by atoms with Gasteiger partial charge >= 0.3 is 0 Å². The number of rotatable bonds is 6. The smallest absolute Gasteiger partial charge is 0.253 e. The average molecular weight is 1140 g/mol. The molecule has 80 heavy (non-hydrogen) atoms. The first-order chi connectivity index (χ1) is 37.7. The van der Waals surface area contributed by atoms with Gasteiger partial charge in [0.1, 0.15) is 50.9 Å². The van der Waals surface area contributed by atoms with Crippen molar-refractivity contribution in [2.24, 2.45) is 22.0 Å². The zero-order chi connectivity index (χ0) is 58.3. The fourth-order valence-electron chi connectivity index (χ4n) is 10.9. The number of Topliss-reactive ketones (excluding diaryl/α,β-unsaturated/α-hetero) is 4. The number of nitrogens with zero attached hydrogens (tertiary/aromatic N) is 1. The van der Waals surface area contributed by atoms with Gasteiger partial charge in [0.2, 0.25) is 10.0 Å². The van der Waals surface area contributed by atoms with Crippen LogP contribution in [0.15, 0.2) is 93.6 Å². The summed E-state index contributed by atoms with van der Waals surface area (Å²) < 4.78 is 47.7. The number of phenols is 1. The van der Waals surface area contributed by atoms with E-state index < -0.39 is 31.5 Å². The van der Waals surface area contributed by atoms with E-state index in [4.69, 9.17) is 35.0 Å². The number of nitrogens with two attached hydrogens (primary N) is 1. The van der Waals surface area contributed by atoms with Gasteiger partial charge in [-0.3, -0.25) is 28.8 Å². The third-order valence-electron chi connectivity index (χ3n) is 16.0. The molecule has 0 saturated heterocycles. The van der Waals surface area contributed by atoms with Crippen molar-refractivity contribution in [3.05, 3.63) is 132 Å². The summed E-state index contributed by atoms with van der Waals surface area (Å²) in [5.41, 5.74) is 8.18. The Bertz CT molecular complexity index is 3350. The number of aromatic hydroxyl groups is 1. The lowest BCUT2D eigenvalue weighted by Gasteiger charge is -2.35. The number of furan rings is 4. The minimum Gasteiger partial charge on any atom is -0.504 e. The van der Waals surface area contributed by atoms with Gasteiger partial charge in [0, 0.05) is 81.6 Å². The maximum atomic E-state index is 12.6. The van der Waals surface area contributed by atoms with Crippen LogP contribution in [0.1, 0.15) is 198 Å². The van der Waals surface area contributed by atoms with Gasteiger partial charge in [0.15, 0.2) is 17.3 Å². The van der Waals surface area contributed by atoms with Crippen molar-refractivity contribution in [2.45, 2.75) is 174 Å². The second-order valence-electron chi connectivity index (χ2n) is 23.6. The lowest BCUT2D eigenvalue weighted by Crippen LogP contribution is -2.39. The van der Waals surface area contributed by atoms with E-state index in [1.54, 1.807) is 37.2 Å². The Morgan fingerprint density at radius 1 is 0.600 bits per heavy atom. The molecule has 0 bridgehead atoms. The number of carbonyl (C=O) groups excluding carboxylic acids is 4. The second kappa shape index (κ2) is 25.6. The average Bonchev–Trinajstić information content (AvgIpc) is 4.22. The lowest BCUT2D eigenvalue weighted by molar-refractivity contribution is -0.126. The SMILES string of the molecule is CC1(C)CCCc2occc2C1=O.CC1(C)CCCc2occc2C1N.CN(C)S(=O)(=O)c1c(Cl)ccc(Nc2c(NC3c4ccoc4CCCC3(C)C)c(=O)c2=O)c1O.O=C1CCCCC(=O)C1.O=C1CCCCc2occc21. The van der Waals surface area contributed by atoms with Gasteiger partial charge in [-0.25, -0.2) is 12.7 Å². The van der Waals surface area contributed by atoms with Crippen molar-refractivity contribution >= 4 is 61.8 Å². The summed E-state index contributed by atoms with van der Waals surface area (Å²) in [4.78, 5) is 69.1. The zero-order valence-corrected chi connectivity index (χ0v) is 48.9. The first kappa shape index (κ1) is 61.3. The summed E-state index contributed by atoms with van der Waals surface area (Å²) in [6, 6.07) is 9.93. The van der Waals surface area contributed by atoms with Crippen LogP contribution in [-0.4, -0.2) is 55.1 Å². The third kappa shape index (κ3) is 14.0. The summed E-state index contributed by atoms with van der Waals surface area (Å²) in [6.45, 7) is 12.7. The number of hydrogen-bond acceptors (Lipinski definition) is 16. The number of carbonyl (C=O) groups is 4. The fraction of sp³-hybridized carbons (Fsp3) is 0.508. The van der Waals surface area contributed by atoms with Gasteiger partial charge in [-0.15, -0.1) is 0 Å². The first-order valence-electron chi connectivity index (χ1n) is 27.7. The minimum atomic E-state index is -4.07. The number of nitrogens with one attached hydrogen (secondary N) is 2. The monoisotopic (exact) mass is 1140 g/mol. The molecule has 6 aromatic rings. The number of benzene rings is 1. The predicted molar refractivity (Wildman–Crippen MR) is 306 cm³/mol. The number of ketones is 4. The van der Waals surface area contributed by atoms with Crippen molar-refractivity contribution in [3.63, 3.8) is 0 Å². The summed E-state index contributed by atoms with van der Waals surface area (Å²) >= 11 is 6.06. The highest BCUT2D eigenvalue weighted by Crippen LogP contribution is 2.46. The van der Waals surface area contributed by atoms with E-state index in [2.05, 4.69) is 38.3 Å². The van der Waals surface area contributed by atoms with Crippen LogP contribution in [-0.2, 0) is 45.3 Å². The molecule has 4 heterocycles. The molecular formula is C61H77ClN4O13S. The van der Waals surface area contributed by atoms with E-state index in [1.807, 2.05) is 26.0 Å². The van der Waals surface area contributed by atoms with Crippen LogP contribution < -0.4 is 27.2 Å². The Balaban J connectivity index is 0.000000164. The van der Waals surface area contributed by atoms with Crippen molar-refractivity contribution in [3.8, 4) is 5.75 Å². The Hall–Kier alpha value is -6.34. The van der Waals surface area contributed by atoms with Gasteiger partial charge in [0.05, 0.1) is 59.4 Å². The highest BCUT2D eigenvalue weighted by molar-refractivity contribution is 7.89. The molecular weight excluding hydrogens is 1060 g/mol. The van der Waals surface area contributed by atoms with Crippen molar-refractivity contribution in [1.29, 1.82) is 0 Å². The van der Waals surface area contributed by atoms with Gasteiger partial charge in [0.25, 0.3) is 10.9 Å². The summed E-state index contributed by atoms with van der Waals surface area (Å²) in [5, 5.41) is 16.5. The van der Waals surface area contributed by atoms with Crippen LogP contribution in [0.5, 0.6) is 5.75 Å².